The van der Waals surface area contributed by atoms with Crippen molar-refractivity contribution in [3.8, 4) is 11.5 Å². The monoisotopic (exact) mass is 674 g/mol. The fraction of sp³-hybridized carbons (Fsp3) is 0.559. The smallest absolute Gasteiger partial charge is 0.410 e. The Bertz CT molecular complexity index is 1530. The molecular weight excluding hydrogens is 628 g/mol. The molecule has 2 N–H and O–H groups in total. The second-order valence-electron chi connectivity index (χ2n) is 14.7. The van der Waals surface area contributed by atoms with Crippen molar-refractivity contribution in [2.45, 2.75) is 86.5 Å². The van der Waals surface area contributed by atoms with E-state index in [2.05, 4.69) is 0 Å². The zero-order chi connectivity index (χ0) is 35.7. The Morgan fingerprint density at radius 3 is 2.06 bits per heavy atom. The van der Waals surface area contributed by atoms with Crippen LogP contribution in [0.2, 0.25) is 0 Å². The normalized spacial score (nSPS) is 13.8. The fourth-order valence-electron chi connectivity index (χ4n) is 5.79. The third-order valence-corrected chi connectivity index (χ3v) is 8.98. The molecule has 0 unspecified atom stereocenters. The third kappa shape index (κ3) is 8.43. The number of carboxylic acid groups (broad SMARTS) is 2. The van der Waals surface area contributed by atoms with Crippen LogP contribution >= 0.6 is 11.3 Å². The first kappa shape index (κ1) is 37.3. The molecule has 0 fully saturated rings. The lowest BCUT2D eigenvalue weighted by Crippen LogP contribution is -2.63. The van der Waals surface area contributed by atoms with Gasteiger partial charge >= 0.3 is 18.0 Å². The molecule has 1 aliphatic rings. The summed E-state index contributed by atoms with van der Waals surface area (Å²) in [7, 11) is 1.50. The molecule has 1 aliphatic heterocycles. The first-order valence-electron chi connectivity index (χ1n) is 15.3. The Morgan fingerprint density at radius 2 is 1.53 bits per heavy atom. The van der Waals surface area contributed by atoms with Gasteiger partial charge in [-0.15, -0.1) is 11.3 Å². The molecule has 258 valence electrons. The molecule has 0 bridgehead atoms. The Labute approximate surface area is 279 Å². The van der Waals surface area contributed by atoms with Crippen molar-refractivity contribution in [1.82, 2.24) is 9.80 Å². The number of carboxylic acids is 2. The van der Waals surface area contributed by atoms with Gasteiger partial charge in [-0.05, 0) is 57.0 Å². The van der Waals surface area contributed by atoms with E-state index >= 15 is 0 Å². The summed E-state index contributed by atoms with van der Waals surface area (Å²) in [6.07, 6.45) is 0.162. The summed E-state index contributed by atoms with van der Waals surface area (Å²) >= 11 is 1.33. The molecule has 13 heteroatoms. The summed E-state index contributed by atoms with van der Waals surface area (Å²) in [6.45, 7) is 15.5. The molecule has 2 aromatic rings. The van der Waals surface area contributed by atoms with Gasteiger partial charge in [-0.1, -0.05) is 41.5 Å². The van der Waals surface area contributed by atoms with Crippen molar-refractivity contribution in [2.24, 2.45) is 10.8 Å². The van der Waals surface area contributed by atoms with Crippen LogP contribution in [0.4, 0.5) is 4.79 Å². The van der Waals surface area contributed by atoms with Gasteiger partial charge < -0.3 is 34.2 Å². The number of rotatable bonds is 10. The van der Waals surface area contributed by atoms with Crippen molar-refractivity contribution in [2.75, 3.05) is 26.7 Å². The number of ketones is 1. The lowest BCUT2D eigenvalue weighted by Gasteiger charge is -2.49. The van der Waals surface area contributed by atoms with E-state index in [1.54, 1.807) is 73.3 Å². The molecule has 0 atom stereocenters. The lowest BCUT2D eigenvalue weighted by molar-refractivity contribution is -0.184. The predicted molar refractivity (Wildman–Crippen MR) is 175 cm³/mol. The minimum Gasteiger partial charge on any atom is -0.479 e. The Hall–Kier alpha value is -4.13. The Kier molecular flexibility index (Phi) is 10.8. The van der Waals surface area contributed by atoms with Gasteiger partial charge in [0.2, 0.25) is 5.60 Å². The van der Waals surface area contributed by atoms with Gasteiger partial charge in [0, 0.05) is 34.9 Å². The minimum atomic E-state index is -1.77. The number of fused-ring (bicyclic) bond motifs is 1. The molecule has 47 heavy (non-hydrogen) atoms. The van der Waals surface area contributed by atoms with E-state index < -0.39 is 52.5 Å². The van der Waals surface area contributed by atoms with Crippen LogP contribution in [0.25, 0.3) is 0 Å². The fourth-order valence-corrected chi connectivity index (χ4v) is 6.94. The topological polar surface area (TPSA) is 160 Å². The number of carbonyl (C=O) groups excluding carboxylic acids is 3. The number of aliphatic carboxylic acids is 2. The van der Waals surface area contributed by atoms with Crippen LogP contribution in [0.1, 0.15) is 92.8 Å². The van der Waals surface area contributed by atoms with Gasteiger partial charge in [-0.3, -0.25) is 9.59 Å². The summed E-state index contributed by atoms with van der Waals surface area (Å²) in [5.41, 5.74) is -3.27. The van der Waals surface area contributed by atoms with Crippen molar-refractivity contribution < 1.29 is 48.4 Å². The molecule has 12 nitrogen and oxygen atoms in total. The largest absolute Gasteiger partial charge is 0.479 e. The van der Waals surface area contributed by atoms with Crippen molar-refractivity contribution in [1.29, 1.82) is 0 Å². The number of amides is 2. The molecule has 0 radical (unpaired) electrons. The molecule has 0 saturated carbocycles. The average molecular weight is 675 g/mol. The zero-order valence-electron chi connectivity index (χ0n) is 28.8. The average Bonchev–Trinajstić information content (AvgIpc) is 3.35. The van der Waals surface area contributed by atoms with E-state index in [-0.39, 0.29) is 29.5 Å². The molecule has 1 aromatic heterocycles. The number of likely N-dealkylation sites (N-methyl/N-ethyl adjacent to an activating group) is 1. The first-order chi connectivity index (χ1) is 21.5. The second-order valence-corrected chi connectivity index (χ2v) is 15.9. The minimum absolute atomic E-state index is 0.0379. The highest BCUT2D eigenvalue weighted by Crippen LogP contribution is 2.49. The summed E-state index contributed by atoms with van der Waals surface area (Å²) in [5.74, 6) is -3.47. The number of hydrogen-bond acceptors (Lipinski definition) is 9. The van der Waals surface area contributed by atoms with Crippen LogP contribution in [-0.4, -0.2) is 87.7 Å². The van der Waals surface area contributed by atoms with Crippen molar-refractivity contribution in [3.05, 3.63) is 45.1 Å². The number of thiophene rings is 1. The molecule has 1 aromatic carbocycles. The quantitative estimate of drug-likeness (QED) is 0.297. The maximum absolute atomic E-state index is 13.4. The highest BCUT2D eigenvalue weighted by Gasteiger charge is 2.60. The van der Waals surface area contributed by atoms with Gasteiger partial charge in [0.05, 0.1) is 18.0 Å². The van der Waals surface area contributed by atoms with Gasteiger partial charge in [0.15, 0.2) is 23.9 Å². The van der Waals surface area contributed by atoms with Gasteiger partial charge in [-0.2, -0.15) is 0 Å². The number of benzene rings is 1. The maximum atomic E-state index is 13.4. The van der Waals surface area contributed by atoms with Crippen molar-refractivity contribution >= 4 is 41.1 Å². The van der Waals surface area contributed by atoms with Crippen LogP contribution in [0.3, 0.4) is 0 Å². The molecule has 0 spiro atoms. The molecular formula is C34H46N2O10S. The van der Waals surface area contributed by atoms with Crippen LogP contribution in [0.5, 0.6) is 11.5 Å². The van der Waals surface area contributed by atoms with Crippen LogP contribution in [-0.2, 0) is 27.3 Å². The van der Waals surface area contributed by atoms with Gasteiger partial charge in [-0.25, -0.2) is 14.4 Å². The number of ether oxygens (including phenoxy) is 3. The standard InChI is InChI=1S/C34H46N2O10S/c1-31(2,3)34(29(41)42,32(4,5)6)45-23-12-11-20(15-24(23)44-19-27(38)39)22(37)18-35(10)28(40)26-16-21-17-36(14-13-25(21)47-26)30(43)46-33(7,8)9/h11-12,15-16H,13-14,17-19H2,1-10H3,(H,38,39)(H,41,42). The molecule has 0 saturated heterocycles. The predicted octanol–water partition coefficient (Wildman–Crippen LogP) is 5.75. The first-order valence-corrected chi connectivity index (χ1v) is 16.1. The summed E-state index contributed by atoms with van der Waals surface area (Å²) < 4.78 is 17.2. The van der Waals surface area contributed by atoms with Gasteiger partial charge in [0.1, 0.15) is 5.60 Å². The molecule has 0 aliphatic carbocycles. The van der Waals surface area contributed by atoms with E-state index in [0.717, 1.165) is 10.4 Å². The lowest BCUT2D eigenvalue weighted by atomic mass is 9.62. The number of Topliss-reactive ketones (excluding diaryl/α,β-unsaturated/α-hetero) is 1. The molecule has 2 heterocycles. The Morgan fingerprint density at radius 1 is 0.915 bits per heavy atom. The van der Waals surface area contributed by atoms with E-state index in [9.17, 15) is 34.2 Å². The number of hydrogen-bond donors (Lipinski definition) is 2. The zero-order valence-corrected chi connectivity index (χ0v) is 29.6. The summed E-state index contributed by atoms with van der Waals surface area (Å²) in [5, 5.41) is 19.7. The number of carbonyl (C=O) groups is 5. The second kappa shape index (κ2) is 13.5. The molecule has 3 rings (SSSR count). The summed E-state index contributed by atoms with van der Waals surface area (Å²) in [4.78, 5) is 67.7. The van der Waals surface area contributed by atoms with E-state index in [4.69, 9.17) is 14.2 Å². The highest BCUT2D eigenvalue weighted by molar-refractivity contribution is 7.14. The SMILES string of the molecule is CN(CC(=O)c1ccc(OC(C(=O)O)(C(C)(C)C)C(C)(C)C)c(OCC(=O)O)c1)C(=O)c1cc2c(s1)CCN(C(=O)OC(C)(C)C)C2. The van der Waals surface area contributed by atoms with Crippen LogP contribution in [0, 0.1) is 10.8 Å². The van der Waals surface area contributed by atoms with Gasteiger partial charge in [0.25, 0.3) is 5.91 Å². The van der Waals surface area contributed by atoms with Crippen LogP contribution < -0.4 is 9.47 Å². The van der Waals surface area contributed by atoms with E-state index in [0.29, 0.717) is 24.4 Å². The van der Waals surface area contributed by atoms with Crippen molar-refractivity contribution in [3.63, 3.8) is 0 Å². The third-order valence-electron chi connectivity index (χ3n) is 7.75. The van der Waals surface area contributed by atoms with E-state index in [1.807, 2.05) is 0 Å². The summed E-state index contributed by atoms with van der Waals surface area (Å²) in [6, 6.07) is 5.84. The highest BCUT2D eigenvalue weighted by atomic mass is 32.1. The van der Waals surface area contributed by atoms with Crippen LogP contribution in [0.15, 0.2) is 24.3 Å². The van der Waals surface area contributed by atoms with E-state index in [1.165, 1.54) is 41.5 Å². The number of nitrogens with zero attached hydrogens (tertiary/aromatic N) is 2. The Balaban J connectivity index is 1.83. The maximum Gasteiger partial charge on any atom is 0.410 e. The molecule has 2 amide bonds.